The van der Waals surface area contributed by atoms with Crippen molar-refractivity contribution in [3.05, 3.63) is 45.9 Å². The Labute approximate surface area is 124 Å². The summed E-state index contributed by atoms with van der Waals surface area (Å²) in [5.74, 6) is 1.12. The van der Waals surface area contributed by atoms with Gasteiger partial charge in [0, 0.05) is 0 Å². The van der Waals surface area contributed by atoms with Crippen LogP contribution in [0.1, 0.15) is 49.2 Å². The van der Waals surface area contributed by atoms with E-state index in [0.717, 1.165) is 21.3 Å². The van der Waals surface area contributed by atoms with Crippen molar-refractivity contribution in [3.63, 3.8) is 0 Å². The van der Waals surface area contributed by atoms with Gasteiger partial charge in [-0.1, -0.05) is 32.0 Å². The van der Waals surface area contributed by atoms with E-state index in [1.54, 1.807) is 13.8 Å². The van der Waals surface area contributed by atoms with Crippen molar-refractivity contribution >= 4 is 11.3 Å². The summed E-state index contributed by atoms with van der Waals surface area (Å²) < 4.78 is 5.72. The van der Waals surface area contributed by atoms with Crippen molar-refractivity contribution in [3.8, 4) is 5.75 Å². The molecule has 0 aliphatic heterocycles. The highest BCUT2D eigenvalue weighted by Crippen LogP contribution is 2.34. The van der Waals surface area contributed by atoms with E-state index in [0.29, 0.717) is 6.61 Å². The number of rotatable bonds is 5. The number of para-hydroxylation sites is 1. The van der Waals surface area contributed by atoms with Gasteiger partial charge in [0.2, 0.25) is 0 Å². The molecular formula is C16H21NO2S. The first-order valence-electron chi connectivity index (χ1n) is 6.78. The van der Waals surface area contributed by atoms with Gasteiger partial charge in [0.1, 0.15) is 17.4 Å². The Bertz CT molecular complexity index is 556. The van der Waals surface area contributed by atoms with Crippen LogP contribution in [0.25, 0.3) is 0 Å². The summed E-state index contributed by atoms with van der Waals surface area (Å²) in [4.78, 5) is 5.55. The highest BCUT2D eigenvalue weighted by molar-refractivity contribution is 7.11. The molecule has 4 heteroatoms. The van der Waals surface area contributed by atoms with Crippen LogP contribution >= 0.6 is 11.3 Å². The Morgan fingerprint density at radius 1 is 1.25 bits per heavy atom. The maximum atomic E-state index is 10.2. The fourth-order valence-corrected chi connectivity index (χ4v) is 3.06. The fourth-order valence-electron chi connectivity index (χ4n) is 1.93. The molecule has 0 spiro atoms. The minimum absolute atomic E-state index is 0.290. The molecule has 1 aromatic heterocycles. The SMILES string of the molecule is CC(C)c1nc(COc2ccccc2)sc1C(C)(C)O. The number of aliphatic hydroxyl groups is 1. The van der Waals surface area contributed by atoms with Gasteiger partial charge in [0.25, 0.3) is 0 Å². The lowest BCUT2D eigenvalue weighted by Gasteiger charge is -2.17. The summed E-state index contributed by atoms with van der Waals surface area (Å²) >= 11 is 1.53. The summed E-state index contributed by atoms with van der Waals surface area (Å²) in [5.41, 5.74) is 0.108. The molecule has 0 saturated carbocycles. The first kappa shape index (κ1) is 15.0. The highest BCUT2D eigenvalue weighted by Gasteiger charge is 2.26. The van der Waals surface area contributed by atoms with Crippen LogP contribution in [0.5, 0.6) is 5.75 Å². The van der Waals surface area contributed by atoms with Gasteiger partial charge in [-0.25, -0.2) is 4.98 Å². The smallest absolute Gasteiger partial charge is 0.140 e. The average molecular weight is 291 g/mol. The Morgan fingerprint density at radius 3 is 2.40 bits per heavy atom. The zero-order valence-electron chi connectivity index (χ0n) is 12.4. The summed E-state index contributed by atoms with van der Waals surface area (Å²) in [6, 6.07) is 9.69. The molecule has 1 aromatic carbocycles. The molecule has 3 nitrogen and oxygen atoms in total. The molecule has 0 bridgehead atoms. The number of aromatic nitrogens is 1. The maximum Gasteiger partial charge on any atom is 0.140 e. The molecule has 0 fully saturated rings. The first-order valence-corrected chi connectivity index (χ1v) is 7.60. The summed E-state index contributed by atoms with van der Waals surface area (Å²) in [7, 11) is 0. The molecule has 20 heavy (non-hydrogen) atoms. The van der Waals surface area contributed by atoms with Gasteiger partial charge < -0.3 is 9.84 Å². The molecule has 0 aliphatic carbocycles. The maximum absolute atomic E-state index is 10.2. The van der Waals surface area contributed by atoms with Gasteiger partial charge >= 0.3 is 0 Å². The first-order chi connectivity index (χ1) is 9.38. The molecule has 0 unspecified atom stereocenters. The van der Waals surface area contributed by atoms with Crippen LogP contribution in [0.4, 0.5) is 0 Å². The lowest BCUT2D eigenvalue weighted by molar-refractivity contribution is 0.0811. The third-order valence-corrected chi connectivity index (χ3v) is 4.26. The van der Waals surface area contributed by atoms with Gasteiger partial charge in [-0.05, 0) is 31.9 Å². The molecule has 0 saturated heterocycles. The minimum atomic E-state index is -0.859. The van der Waals surface area contributed by atoms with Gasteiger partial charge in [-0.15, -0.1) is 11.3 Å². The van der Waals surface area contributed by atoms with E-state index in [1.807, 2.05) is 30.3 Å². The molecule has 1 N–H and O–H groups in total. The van der Waals surface area contributed by atoms with Gasteiger partial charge in [0.05, 0.1) is 16.2 Å². The zero-order valence-corrected chi connectivity index (χ0v) is 13.2. The Morgan fingerprint density at radius 2 is 1.90 bits per heavy atom. The summed E-state index contributed by atoms with van der Waals surface area (Å²) in [6.45, 7) is 8.21. The Hall–Kier alpha value is -1.39. The normalized spacial score (nSPS) is 11.9. The molecular weight excluding hydrogens is 270 g/mol. The van der Waals surface area contributed by atoms with Crippen molar-refractivity contribution < 1.29 is 9.84 Å². The van der Waals surface area contributed by atoms with E-state index in [9.17, 15) is 5.11 Å². The van der Waals surface area contributed by atoms with Crippen molar-refractivity contribution in [1.29, 1.82) is 0 Å². The quantitative estimate of drug-likeness (QED) is 0.903. The second-order valence-corrected chi connectivity index (χ2v) is 6.72. The predicted molar refractivity (Wildman–Crippen MR) is 82.2 cm³/mol. The van der Waals surface area contributed by atoms with Crippen LogP contribution in [-0.4, -0.2) is 10.1 Å². The van der Waals surface area contributed by atoms with E-state index in [2.05, 4.69) is 18.8 Å². The topological polar surface area (TPSA) is 42.4 Å². The van der Waals surface area contributed by atoms with Crippen molar-refractivity contribution in [1.82, 2.24) is 4.98 Å². The largest absolute Gasteiger partial charge is 0.486 e. The van der Waals surface area contributed by atoms with Gasteiger partial charge in [-0.2, -0.15) is 0 Å². The lowest BCUT2D eigenvalue weighted by Crippen LogP contribution is -2.16. The van der Waals surface area contributed by atoms with E-state index in [1.165, 1.54) is 11.3 Å². The minimum Gasteiger partial charge on any atom is -0.486 e. The lowest BCUT2D eigenvalue weighted by atomic mass is 10.0. The van der Waals surface area contributed by atoms with Gasteiger partial charge in [0.15, 0.2) is 0 Å². The van der Waals surface area contributed by atoms with Crippen LogP contribution in [-0.2, 0) is 12.2 Å². The van der Waals surface area contributed by atoms with Crippen LogP contribution < -0.4 is 4.74 Å². The van der Waals surface area contributed by atoms with E-state index < -0.39 is 5.60 Å². The number of hydrogen-bond donors (Lipinski definition) is 1. The second kappa shape index (κ2) is 5.94. The number of benzene rings is 1. The fraction of sp³-hybridized carbons (Fsp3) is 0.438. The summed E-state index contributed by atoms with van der Waals surface area (Å²) in [5, 5.41) is 11.1. The predicted octanol–water partition coefficient (Wildman–Crippen LogP) is 4.07. The number of thiazole rings is 1. The van der Waals surface area contributed by atoms with Crippen molar-refractivity contribution in [2.45, 2.75) is 45.8 Å². The monoisotopic (exact) mass is 291 g/mol. The Balaban J connectivity index is 2.17. The average Bonchev–Trinajstić information content (AvgIpc) is 2.82. The van der Waals surface area contributed by atoms with Crippen LogP contribution in [0.15, 0.2) is 30.3 Å². The van der Waals surface area contributed by atoms with Crippen molar-refractivity contribution in [2.75, 3.05) is 0 Å². The molecule has 0 atom stereocenters. The molecule has 2 rings (SSSR count). The number of hydrogen-bond acceptors (Lipinski definition) is 4. The van der Waals surface area contributed by atoms with Crippen LogP contribution in [0.2, 0.25) is 0 Å². The number of ether oxygens (including phenoxy) is 1. The highest BCUT2D eigenvalue weighted by atomic mass is 32.1. The van der Waals surface area contributed by atoms with Crippen LogP contribution in [0.3, 0.4) is 0 Å². The van der Waals surface area contributed by atoms with E-state index >= 15 is 0 Å². The van der Waals surface area contributed by atoms with E-state index in [4.69, 9.17) is 4.74 Å². The molecule has 2 aromatic rings. The third-order valence-electron chi connectivity index (χ3n) is 2.91. The molecule has 108 valence electrons. The Kier molecular flexibility index (Phi) is 4.45. The zero-order chi connectivity index (χ0) is 14.8. The number of nitrogens with zero attached hydrogens (tertiary/aromatic N) is 1. The van der Waals surface area contributed by atoms with Crippen molar-refractivity contribution in [2.24, 2.45) is 0 Å². The molecule has 0 radical (unpaired) electrons. The van der Waals surface area contributed by atoms with Crippen LogP contribution in [0, 0.1) is 0 Å². The second-order valence-electron chi connectivity index (χ2n) is 5.64. The standard InChI is InChI=1S/C16H21NO2S/c1-11(2)14-15(16(3,4)18)20-13(17-14)10-19-12-8-6-5-7-9-12/h5-9,11,18H,10H2,1-4H3. The molecule has 1 heterocycles. The van der Waals surface area contributed by atoms with E-state index in [-0.39, 0.29) is 5.92 Å². The van der Waals surface area contributed by atoms with Gasteiger partial charge in [-0.3, -0.25) is 0 Å². The molecule has 0 aliphatic rings. The summed E-state index contributed by atoms with van der Waals surface area (Å²) in [6.07, 6.45) is 0. The third kappa shape index (κ3) is 3.58. The molecule has 0 amide bonds.